The Labute approximate surface area is 260 Å². The molecule has 1 aliphatic heterocycles. The zero-order valence-electron chi connectivity index (χ0n) is 27.5. The molecule has 0 saturated heterocycles. The van der Waals surface area contributed by atoms with E-state index in [1.807, 2.05) is 0 Å². The molecule has 0 amide bonds. The van der Waals surface area contributed by atoms with E-state index in [4.69, 9.17) is 14.1 Å². The Morgan fingerprint density at radius 3 is 2.27 bits per heavy atom. The zero-order valence-corrected chi connectivity index (χ0v) is 28.5. The van der Waals surface area contributed by atoms with Crippen molar-refractivity contribution in [3.05, 3.63) is 57.7 Å². The SMILES string of the molecule is CC(C)c1nc2c(c3c1[C@@H](c1ccc(C(F)(F)F)nc1)OC31CCCC1)[C@@H](O[Si](C)(C)C(C)(C)C)CC(C)(C)[C@H]2CC(=O)O. The summed E-state index contributed by atoms with van der Waals surface area (Å²) >= 11 is 0. The van der Waals surface area contributed by atoms with Crippen molar-refractivity contribution in [2.75, 3.05) is 0 Å². The van der Waals surface area contributed by atoms with Crippen LogP contribution in [0.15, 0.2) is 18.3 Å². The topological polar surface area (TPSA) is 81.5 Å². The van der Waals surface area contributed by atoms with Gasteiger partial charge in [-0.05, 0) is 60.4 Å². The van der Waals surface area contributed by atoms with Crippen LogP contribution in [0, 0.1) is 5.41 Å². The van der Waals surface area contributed by atoms with E-state index in [2.05, 4.69) is 66.5 Å². The monoisotopic (exact) mass is 632 g/mol. The minimum atomic E-state index is -4.54. The molecule has 6 nitrogen and oxygen atoms in total. The molecule has 242 valence electrons. The maximum atomic E-state index is 13.4. The van der Waals surface area contributed by atoms with E-state index in [1.54, 1.807) is 0 Å². The van der Waals surface area contributed by atoms with Gasteiger partial charge >= 0.3 is 12.1 Å². The normalized spacial score (nSPS) is 24.5. The quantitative estimate of drug-likeness (QED) is 0.320. The molecular weight excluding hydrogens is 585 g/mol. The fourth-order valence-electron chi connectivity index (χ4n) is 7.33. The van der Waals surface area contributed by atoms with Gasteiger partial charge in [-0.2, -0.15) is 13.2 Å². The van der Waals surface area contributed by atoms with Crippen LogP contribution >= 0.6 is 0 Å². The lowest BCUT2D eigenvalue weighted by molar-refractivity contribution is -0.141. The van der Waals surface area contributed by atoms with Crippen LogP contribution in [0.25, 0.3) is 0 Å². The van der Waals surface area contributed by atoms with E-state index in [-0.39, 0.29) is 29.4 Å². The Kier molecular flexibility index (Phi) is 8.19. The lowest BCUT2D eigenvalue weighted by Crippen LogP contribution is -2.45. The molecule has 1 fully saturated rings. The summed E-state index contributed by atoms with van der Waals surface area (Å²) in [5, 5.41) is 10.0. The zero-order chi connectivity index (χ0) is 32.6. The average molecular weight is 633 g/mol. The summed E-state index contributed by atoms with van der Waals surface area (Å²) in [7, 11) is -2.30. The number of carboxylic acid groups (broad SMARTS) is 1. The fourth-order valence-corrected chi connectivity index (χ4v) is 8.60. The average Bonchev–Trinajstić information content (AvgIpc) is 3.49. The van der Waals surface area contributed by atoms with Crippen molar-refractivity contribution in [3.8, 4) is 0 Å². The molecule has 3 heterocycles. The van der Waals surface area contributed by atoms with Crippen molar-refractivity contribution in [1.82, 2.24) is 9.97 Å². The molecule has 0 radical (unpaired) electrons. The minimum Gasteiger partial charge on any atom is -0.481 e. The fraction of sp³-hybridized carbons (Fsp3) is 0.676. The molecule has 3 atom stereocenters. The third-order valence-corrected chi connectivity index (χ3v) is 15.1. The van der Waals surface area contributed by atoms with Crippen molar-refractivity contribution >= 4 is 14.3 Å². The Hall–Kier alpha value is -2.30. The van der Waals surface area contributed by atoms with Gasteiger partial charge in [0.2, 0.25) is 0 Å². The number of aromatic nitrogens is 2. The third kappa shape index (κ3) is 5.64. The number of ether oxygens (including phenoxy) is 1. The molecule has 2 aromatic rings. The van der Waals surface area contributed by atoms with E-state index in [9.17, 15) is 23.1 Å². The predicted molar refractivity (Wildman–Crippen MR) is 165 cm³/mol. The minimum absolute atomic E-state index is 0.0330. The molecule has 1 spiro atoms. The van der Waals surface area contributed by atoms with Gasteiger partial charge in [-0.15, -0.1) is 0 Å². The van der Waals surface area contributed by atoms with Gasteiger partial charge in [-0.3, -0.25) is 14.8 Å². The van der Waals surface area contributed by atoms with Gasteiger partial charge in [0.05, 0.1) is 23.8 Å². The first-order valence-electron chi connectivity index (χ1n) is 15.9. The highest BCUT2D eigenvalue weighted by Crippen LogP contribution is 2.62. The molecule has 10 heteroatoms. The molecular formula is C34H47F3N2O4Si. The third-order valence-electron chi connectivity index (χ3n) is 10.7. The standard InChI is InChI=1S/C34H47F3N2O4Si/c1-19(2)28-26-27(33(14-10-11-15-33)42-30(26)20-12-13-23(38-18-20)34(35,36)37)25-22(43-44(8,9)31(3,4)5)17-32(6,7)21(16-24(40)41)29(25)39-28/h12-13,18-19,21-22,30H,10-11,14-17H2,1-9H3,(H,40,41)/t21-,22-,30+/m0/s1. The second-order valence-electron chi connectivity index (χ2n) is 15.6. The van der Waals surface area contributed by atoms with Crippen molar-refractivity contribution in [1.29, 1.82) is 0 Å². The molecule has 3 aliphatic rings. The molecule has 1 saturated carbocycles. The summed E-state index contributed by atoms with van der Waals surface area (Å²) < 4.78 is 54.6. The molecule has 1 N–H and O–H groups in total. The summed E-state index contributed by atoms with van der Waals surface area (Å²) in [6, 6.07) is 2.50. The first-order valence-corrected chi connectivity index (χ1v) is 18.8. The van der Waals surface area contributed by atoms with Crippen LogP contribution in [0.3, 0.4) is 0 Å². The Bertz CT molecular complexity index is 1420. The molecule has 2 aromatic heterocycles. The van der Waals surface area contributed by atoms with E-state index in [0.29, 0.717) is 12.0 Å². The van der Waals surface area contributed by atoms with Gasteiger partial charge in [-0.25, -0.2) is 0 Å². The molecule has 0 bridgehead atoms. The largest absolute Gasteiger partial charge is 0.481 e. The van der Waals surface area contributed by atoms with Crippen LogP contribution in [0.4, 0.5) is 13.2 Å². The second kappa shape index (κ2) is 10.9. The number of fused-ring (bicyclic) bond motifs is 4. The van der Waals surface area contributed by atoms with Crippen molar-refractivity contribution in [2.45, 2.75) is 141 Å². The number of carboxylic acids is 1. The predicted octanol–water partition coefficient (Wildman–Crippen LogP) is 9.56. The number of hydrogen-bond donors (Lipinski definition) is 1. The number of alkyl halides is 3. The number of halogens is 3. The highest BCUT2D eigenvalue weighted by Gasteiger charge is 2.56. The van der Waals surface area contributed by atoms with Gasteiger partial charge < -0.3 is 14.3 Å². The number of nitrogens with zero attached hydrogens (tertiary/aromatic N) is 2. The van der Waals surface area contributed by atoms with Crippen LogP contribution in [-0.4, -0.2) is 29.4 Å². The Balaban J connectivity index is 1.82. The highest BCUT2D eigenvalue weighted by molar-refractivity contribution is 6.74. The number of rotatable bonds is 6. The van der Waals surface area contributed by atoms with Crippen molar-refractivity contribution < 1.29 is 32.2 Å². The summed E-state index contributed by atoms with van der Waals surface area (Å²) in [4.78, 5) is 21.4. The molecule has 2 aliphatic carbocycles. The maximum absolute atomic E-state index is 13.4. The van der Waals surface area contributed by atoms with E-state index >= 15 is 0 Å². The van der Waals surface area contributed by atoms with Crippen molar-refractivity contribution in [3.63, 3.8) is 0 Å². The lowest BCUT2D eigenvalue weighted by Gasteiger charge is -2.48. The Morgan fingerprint density at radius 2 is 1.77 bits per heavy atom. The van der Waals surface area contributed by atoms with E-state index in [1.165, 1.54) is 12.3 Å². The van der Waals surface area contributed by atoms with Crippen LogP contribution in [0.1, 0.15) is 150 Å². The van der Waals surface area contributed by atoms with Crippen LogP contribution in [-0.2, 0) is 25.7 Å². The van der Waals surface area contributed by atoms with Gasteiger partial charge in [0.15, 0.2) is 8.32 Å². The molecule has 44 heavy (non-hydrogen) atoms. The summed E-state index contributed by atoms with van der Waals surface area (Å²) in [5.74, 6) is -1.23. The second-order valence-corrected chi connectivity index (χ2v) is 20.4. The highest BCUT2D eigenvalue weighted by atomic mass is 28.4. The van der Waals surface area contributed by atoms with Crippen LogP contribution in [0.5, 0.6) is 0 Å². The first-order chi connectivity index (χ1) is 20.2. The Morgan fingerprint density at radius 1 is 1.14 bits per heavy atom. The van der Waals surface area contributed by atoms with Gasteiger partial charge in [0.25, 0.3) is 0 Å². The summed E-state index contributed by atoms with van der Waals surface area (Å²) in [6.45, 7) is 19.4. The van der Waals surface area contributed by atoms with E-state index < -0.39 is 43.3 Å². The van der Waals surface area contributed by atoms with E-state index in [0.717, 1.165) is 59.8 Å². The van der Waals surface area contributed by atoms with Gasteiger partial charge in [-0.1, -0.05) is 67.4 Å². The number of carbonyl (C=O) groups is 1. The summed E-state index contributed by atoms with van der Waals surface area (Å²) in [6.07, 6.45) is -0.117. The van der Waals surface area contributed by atoms with Crippen LogP contribution in [0.2, 0.25) is 18.1 Å². The number of hydrogen-bond acceptors (Lipinski definition) is 5. The summed E-state index contributed by atoms with van der Waals surface area (Å²) in [5.41, 5.74) is 3.09. The van der Waals surface area contributed by atoms with Crippen molar-refractivity contribution in [2.24, 2.45) is 5.41 Å². The smallest absolute Gasteiger partial charge is 0.433 e. The molecule has 0 unspecified atom stereocenters. The maximum Gasteiger partial charge on any atom is 0.433 e. The molecule has 0 aromatic carbocycles. The molecule has 5 rings (SSSR count). The first kappa shape index (κ1) is 33.1. The van der Waals surface area contributed by atoms with Crippen LogP contribution < -0.4 is 0 Å². The number of pyridine rings is 2. The van der Waals surface area contributed by atoms with Gasteiger partial charge in [0, 0.05) is 34.5 Å². The van der Waals surface area contributed by atoms with Gasteiger partial charge in [0.1, 0.15) is 11.8 Å². The number of aliphatic carboxylic acids is 1. The lowest BCUT2D eigenvalue weighted by atomic mass is 9.63.